The lowest BCUT2D eigenvalue weighted by Crippen LogP contribution is -2.30. The highest BCUT2D eigenvalue weighted by atomic mass is 127. The molecule has 32 heavy (non-hydrogen) atoms. The molecule has 0 aliphatic carbocycles. The van der Waals surface area contributed by atoms with Crippen LogP contribution >= 0.6 is 24.0 Å². The number of aliphatic imine (C=N–C) groups is 1. The number of nitrogens with zero attached hydrogens (tertiary/aromatic N) is 3. The molecule has 0 fully saturated rings. The number of ether oxygens (including phenoxy) is 2. The quantitative estimate of drug-likeness (QED) is 0.263. The number of aromatic nitrogens is 2. The first kappa shape index (κ1) is 23.8. The molecule has 2 N–H and O–H groups in total. The minimum absolute atomic E-state index is 0. The number of guanidine groups is 1. The maximum absolute atomic E-state index is 5.76. The second-order valence-corrected chi connectivity index (χ2v) is 7.23. The summed E-state index contributed by atoms with van der Waals surface area (Å²) in [5.74, 6) is 3.45. The monoisotopic (exact) mass is 549 g/mol. The third-order valence-corrected chi connectivity index (χ3v) is 4.81. The van der Waals surface area contributed by atoms with Crippen LogP contribution < -0.4 is 20.1 Å². The van der Waals surface area contributed by atoms with Crippen LogP contribution in [0.4, 0.5) is 5.69 Å². The van der Waals surface area contributed by atoms with Crippen LogP contribution in [0.3, 0.4) is 0 Å². The molecule has 0 atom stereocenters. The van der Waals surface area contributed by atoms with Crippen molar-refractivity contribution in [3.63, 3.8) is 0 Å². The van der Waals surface area contributed by atoms with E-state index in [1.165, 1.54) is 0 Å². The number of fused-ring (bicyclic) bond motifs is 1. The van der Waals surface area contributed by atoms with E-state index in [0.29, 0.717) is 31.6 Å². The van der Waals surface area contributed by atoms with Crippen LogP contribution in [0.5, 0.6) is 11.5 Å². The molecule has 3 aromatic rings. The van der Waals surface area contributed by atoms with Gasteiger partial charge in [-0.05, 0) is 36.2 Å². The molecule has 1 aromatic heterocycles. The first-order valence-electron chi connectivity index (χ1n) is 10.5. The Morgan fingerprint density at radius 1 is 1.09 bits per heavy atom. The lowest BCUT2D eigenvalue weighted by Gasteiger charge is -2.14. The van der Waals surface area contributed by atoms with E-state index < -0.39 is 0 Å². The zero-order valence-corrected chi connectivity index (χ0v) is 20.6. The van der Waals surface area contributed by atoms with Gasteiger partial charge in [0.25, 0.3) is 5.89 Å². The zero-order valence-electron chi connectivity index (χ0n) is 18.3. The summed E-state index contributed by atoms with van der Waals surface area (Å²) in [5.41, 5.74) is 2.86. The number of halogens is 1. The van der Waals surface area contributed by atoms with Gasteiger partial charge >= 0.3 is 0 Å². The van der Waals surface area contributed by atoms with Gasteiger partial charge in [-0.2, -0.15) is 4.98 Å². The second kappa shape index (κ2) is 11.7. The van der Waals surface area contributed by atoms with Crippen molar-refractivity contribution in [2.24, 2.45) is 4.99 Å². The van der Waals surface area contributed by atoms with E-state index in [9.17, 15) is 0 Å². The van der Waals surface area contributed by atoms with Gasteiger partial charge in [0.2, 0.25) is 0 Å². The Labute approximate surface area is 204 Å². The number of rotatable bonds is 6. The molecule has 8 nitrogen and oxygen atoms in total. The topological polar surface area (TPSA) is 93.8 Å². The molecule has 0 saturated carbocycles. The summed E-state index contributed by atoms with van der Waals surface area (Å²) in [6.45, 7) is 4.01. The molecule has 1 aliphatic rings. The zero-order chi connectivity index (χ0) is 21.5. The van der Waals surface area contributed by atoms with E-state index in [2.05, 4.69) is 32.7 Å². The van der Waals surface area contributed by atoms with E-state index in [1.54, 1.807) is 7.05 Å². The van der Waals surface area contributed by atoms with Gasteiger partial charge in [-0.15, -0.1) is 24.0 Å². The third kappa shape index (κ3) is 6.12. The smallest absolute Gasteiger partial charge is 0.257 e. The highest BCUT2D eigenvalue weighted by Gasteiger charge is 2.12. The van der Waals surface area contributed by atoms with Crippen molar-refractivity contribution in [2.75, 3.05) is 25.6 Å². The summed E-state index contributed by atoms with van der Waals surface area (Å²) >= 11 is 0. The van der Waals surface area contributed by atoms with E-state index in [1.807, 2.05) is 42.5 Å². The summed E-state index contributed by atoms with van der Waals surface area (Å²) < 4.78 is 16.8. The Hall–Kier alpha value is -2.82. The standard InChI is InChI=1S/C23H27N5O3.HI/c1-3-6-21-27-22(31-28-21)17-8-4-7-16(13-17)15-25-23(24-2)26-18-9-10-19-20(14-18)30-12-5-11-29-19;/h4,7-10,13-14H,3,5-6,11-12,15H2,1-2H3,(H2,24,25,26);1H. The molecule has 0 unspecified atom stereocenters. The molecular weight excluding hydrogens is 521 g/mol. The van der Waals surface area contributed by atoms with Crippen molar-refractivity contribution < 1.29 is 14.0 Å². The lowest BCUT2D eigenvalue weighted by molar-refractivity contribution is 0.297. The molecule has 0 saturated heterocycles. The maximum atomic E-state index is 5.76. The van der Waals surface area contributed by atoms with Crippen LogP contribution in [0, 0.1) is 0 Å². The van der Waals surface area contributed by atoms with E-state index in [0.717, 1.165) is 53.4 Å². The fourth-order valence-electron chi connectivity index (χ4n) is 3.25. The molecule has 9 heteroatoms. The number of anilines is 1. The van der Waals surface area contributed by atoms with Crippen molar-refractivity contribution in [1.82, 2.24) is 15.5 Å². The summed E-state index contributed by atoms with van der Waals surface area (Å²) in [4.78, 5) is 8.78. The molecule has 0 amide bonds. The summed E-state index contributed by atoms with van der Waals surface area (Å²) in [7, 11) is 1.74. The van der Waals surface area contributed by atoms with Crippen molar-refractivity contribution >= 4 is 35.6 Å². The summed E-state index contributed by atoms with van der Waals surface area (Å²) in [6, 6.07) is 13.8. The molecule has 0 spiro atoms. The predicted molar refractivity (Wildman–Crippen MR) is 135 cm³/mol. The minimum atomic E-state index is 0. The molecule has 2 aromatic carbocycles. The number of benzene rings is 2. The minimum Gasteiger partial charge on any atom is -0.490 e. The van der Waals surface area contributed by atoms with Crippen molar-refractivity contribution in [3.05, 3.63) is 53.9 Å². The van der Waals surface area contributed by atoms with Crippen LogP contribution in [0.1, 0.15) is 31.2 Å². The highest BCUT2D eigenvalue weighted by molar-refractivity contribution is 14.0. The van der Waals surface area contributed by atoms with Crippen LogP contribution in [0.15, 0.2) is 52.0 Å². The summed E-state index contributed by atoms with van der Waals surface area (Å²) in [6.07, 6.45) is 2.67. The fraction of sp³-hybridized carbons (Fsp3) is 0.348. The second-order valence-electron chi connectivity index (χ2n) is 7.23. The Balaban J connectivity index is 0.00000289. The van der Waals surface area contributed by atoms with E-state index >= 15 is 0 Å². The van der Waals surface area contributed by atoms with Gasteiger partial charge < -0.3 is 24.6 Å². The van der Waals surface area contributed by atoms with E-state index in [-0.39, 0.29) is 24.0 Å². The Kier molecular flexibility index (Phi) is 8.72. The van der Waals surface area contributed by atoms with Crippen molar-refractivity contribution in [1.29, 1.82) is 0 Å². The Morgan fingerprint density at radius 2 is 1.94 bits per heavy atom. The van der Waals surface area contributed by atoms with Gasteiger partial charge in [-0.25, -0.2) is 0 Å². The largest absolute Gasteiger partial charge is 0.490 e. The Morgan fingerprint density at radius 3 is 2.75 bits per heavy atom. The average Bonchev–Trinajstić information content (AvgIpc) is 3.14. The van der Waals surface area contributed by atoms with E-state index in [4.69, 9.17) is 14.0 Å². The normalized spacial score (nSPS) is 13.1. The van der Waals surface area contributed by atoms with Crippen LogP contribution in [0.25, 0.3) is 11.5 Å². The maximum Gasteiger partial charge on any atom is 0.257 e. The van der Waals surface area contributed by atoms with Gasteiger partial charge in [0.15, 0.2) is 23.3 Å². The highest BCUT2D eigenvalue weighted by Crippen LogP contribution is 2.32. The molecule has 1 aliphatic heterocycles. The third-order valence-electron chi connectivity index (χ3n) is 4.81. The van der Waals surface area contributed by atoms with Gasteiger partial charge in [-0.3, -0.25) is 4.99 Å². The van der Waals surface area contributed by atoms with Crippen molar-refractivity contribution in [2.45, 2.75) is 32.7 Å². The van der Waals surface area contributed by atoms with Crippen LogP contribution in [-0.2, 0) is 13.0 Å². The van der Waals surface area contributed by atoms with Gasteiger partial charge in [0, 0.05) is 43.8 Å². The summed E-state index contributed by atoms with van der Waals surface area (Å²) in [5, 5.41) is 10.7. The molecular formula is C23H28IN5O3. The number of aryl methyl sites for hydroxylation is 1. The number of nitrogens with one attached hydrogen (secondary N) is 2. The van der Waals surface area contributed by atoms with Crippen LogP contribution in [0.2, 0.25) is 0 Å². The first-order valence-corrected chi connectivity index (χ1v) is 10.5. The van der Waals surface area contributed by atoms with Crippen LogP contribution in [-0.4, -0.2) is 36.4 Å². The first-order chi connectivity index (χ1) is 15.2. The van der Waals surface area contributed by atoms with Crippen molar-refractivity contribution in [3.8, 4) is 23.0 Å². The SMILES string of the molecule is CCCc1noc(-c2cccc(CNC(=NC)Nc3ccc4c(c3)OCCCO4)c2)n1.I. The van der Waals surface area contributed by atoms with Gasteiger partial charge in [0.05, 0.1) is 13.2 Å². The Bertz CT molecular complexity index is 1050. The lowest BCUT2D eigenvalue weighted by atomic mass is 10.1. The molecule has 4 rings (SSSR count). The molecule has 170 valence electrons. The molecule has 0 bridgehead atoms. The van der Waals surface area contributed by atoms with Gasteiger partial charge in [0.1, 0.15) is 0 Å². The fourth-order valence-corrected chi connectivity index (χ4v) is 3.25. The van der Waals surface area contributed by atoms with Gasteiger partial charge in [-0.1, -0.05) is 24.2 Å². The molecule has 2 heterocycles. The predicted octanol–water partition coefficient (Wildman–Crippen LogP) is 4.66. The number of hydrogen-bond acceptors (Lipinski definition) is 6. The number of hydrogen-bond donors (Lipinski definition) is 2. The molecule has 0 radical (unpaired) electrons. The average molecular weight is 549 g/mol.